The zero-order chi connectivity index (χ0) is 18.5. The highest BCUT2D eigenvalue weighted by Gasteiger charge is 2.22. The van der Waals surface area contributed by atoms with Crippen molar-refractivity contribution >= 4 is 5.91 Å². The van der Waals surface area contributed by atoms with Gasteiger partial charge < -0.3 is 4.90 Å². The summed E-state index contributed by atoms with van der Waals surface area (Å²) in [6, 6.07) is 24.3. The van der Waals surface area contributed by atoms with E-state index >= 15 is 0 Å². The molecular weight excluding hydrogens is 334 g/mol. The van der Waals surface area contributed by atoms with E-state index in [1.54, 1.807) is 6.20 Å². The number of nitrogens with zero attached hydrogens (tertiary/aromatic N) is 2. The third-order valence-corrected chi connectivity index (χ3v) is 5.06. The maximum atomic E-state index is 12.8. The van der Waals surface area contributed by atoms with Crippen LogP contribution < -0.4 is 5.32 Å². The lowest BCUT2D eigenvalue weighted by Crippen LogP contribution is -2.42. The third-order valence-electron chi connectivity index (χ3n) is 5.06. The normalized spacial score (nSPS) is 14.4. The zero-order valence-electron chi connectivity index (χ0n) is 15.2. The Kier molecular flexibility index (Phi) is 5.26. The molecule has 27 heavy (non-hydrogen) atoms. The molecule has 2 aromatic carbocycles. The third kappa shape index (κ3) is 4.07. The first-order chi connectivity index (χ1) is 13.3. The Balaban J connectivity index is 1.46. The SMILES string of the molecule is O=C(CNC(c1ccccc1)c1ccccn1)N1CCc2ccccc2C1. The molecule has 1 N–H and O–H groups in total. The number of hydrogen-bond acceptors (Lipinski definition) is 3. The van der Waals surface area contributed by atoms with Gasteiger partial charge in [-0.05, 0) is 35.2 Å². The number of carbonyl (C=O) groups excluding carboxylic acids is 1. The minimum absolute atomic E-state index is 0.103. The molecule has 0 aliphatic carbocycles. The second-order valence-corrected chi connectivity index (χ2v) is 6.81. The molecule has 1 aromatic heterocycles. The Hall–Kier alpha value is -2.98. The van der Waals surface area contributed by atoms with Gasteiger partial charge in [0.25, 0.3) is 0 Å². The van der Waals surface area contributed by atoms with Crippen molar-refractivity contribution in [1.82, 2.24) is 15.2 Å². The van der Waals surface area contributed by atoms with Crippen molar-refractivity contribution in [1.29, 1.82) is 0 Å². The van der Waals surface area contributed by atoms with E-state index in [9.17, 15) is 4.79 Å². The Bertz CT molecular complexity index is 856. The predicted molar refractivity (Wildman–Crippen MR) is 106 cm³/mol. The molecule has 1 amide bonds. The van der Waals surface area contributed by atoms with E-state index in [-0.39, 0.29) is 18.5 Å². The van der Waals surface area contributed by atoms with E-state index in [1.165, 1.54) is 11.1 Å². The number of aromatic nitrogens is 1. The second-order valence-electron chi connectivity index (χ2n) is 6.81. The maximum absolute atomic E-state index is 12.8. The molecule has 1 atom stereocenters. The van der Waals surface area contributed by atoms with E-state index in [0.29, 0.717) is 6.54 Å². The molecule has 1 aliphatic heterocycles. The quantitative estimate of drug-likeness (QED) is 0.762. The average Bonchev–Trinajstić information content (AvgIpc) is 2.75. The molecule has 3 aromatic rings. The van der Waals surface area contributed by atoms with Gasteiger partial charge in [-0.25, -0.2) is 0 Å². The first-order valence-electron chi connectivity index (χ1n) is 9.35. The lowest BCUT2D eigenvalue weighted by atomic mass is 10.00. The standard InChI is InChI=1S/C23H23N3O/c27-22(26-15-13-18-8-4-5-11-20(18)17-26)16-25-23(19-9-2-1-3-10-19)21-12-6-7-14-24-21/h1-12,14,23,25H,13,15-17H2. The minimum atomic E-state index is -0.103. The van der Waals surface area contributed by atoms with Crippen LogP contribution in [0.3, 0.4) is 0 Å². The summed E-state index contributed by atoms with van der Waals surface area (Å²) in [5.41, 5.74) is 4.63. The number of fused-ring (bicyclic) bond motifs is 1. The summed E-state index contributed by atoms with van der Waals surface area (Å²) in [5.74, 6) is 0.126. The van der Waals surface area contributed by atoms with Crippen LogP contribution in [0, 0.1) is 0 Å². The Morgan fingerprint density at radius 2 is 1.70 bits per heavy atom. The summed E-state index contributed by atoms with van der Waals surface area (Å²) < 4.78 is 0. The van der Waals surface area contributed by atoms with E-state index in [0.717, 1.165) is 24.2 Å². The van der Waals surface area contributed by atoms with Crippen LogP contribution in [0.1, 0.15) is 28.4 Å². The van der Waals surface area contributed by atoms with Gasteiger partial charge in [0.05, 0.1) is 18.3 Å². The summed E-state index contributed by atoms with van der Waals surface area (Å²) in [6.07, 6.45) is 2.71. The van der Waals surface area contributed by atoms with E-state index < -0.39 is 0 Å². The molecule has 0 saturated carbocycles. The number of carbonyl (C=O) groups is 1. The Morgan fingerprint density at radius 1 is 0.963 bits per heavy atom. The summed E-state index contributed by atoms with van der Waals surface area (Å²) >= 11 is 0. The topological polar surface area (TPSA) is 45.2 Å². The number of hydrogen-bond donors (Lipinski definition) is 1. The summed E-state index contributed by atoms with van der Waals surface area (Å²) in [5, 5.41) is 3.42. The van der Waals surface area contributed by atoms with E-state index in [1.807, 2.05) is 47.4 Å². The first kappa shape index (κ1) is 17.4. The number of amides is 1. The fraction of sp³-hybridized carbons (Fsp3) is 0.217. The van der Waals surface area contributed by atoms with Crippen molar-refractivity contribution < 1.29 is 4.79 Å². The highest BCUT2D eigenvalue weighted by molar-refractivity contribution is 5.78. The summed E-state index contributed by atoms with van der Waals surface area (Å²) in [7, 11) is 0. The van der Waals surface area contributed by atoms with Gasteiger partial charge in [0.2, 0.25) is 5.91 Å². The molecule has 0 saturated heterocycles. The van der Waals surface area contributed by atoms with Gasteiger partial charge in [0, 0.05) is 19.3 Å². The number of pyridine rings is 1. The Morgan fingerprint density at radius 3 is 2.48 bits per heavy atom. The van der Waals surface area contributed by atoms with Crippen LogP contribution in [-0.2, 0) is 17.8 Å². The van der Waals surface area contributed by atoms with Crippen molar-refractivity contribution in [2.45, 2.75) is 19.0 Å². The van der Waals surface area contributed by atoms with Crippen LogP contribution in [0.15, 0.2) is 79.0 Å². The van der Waals surface area contributed by atoms with Gasteiger partial charge in [-0.1, -0.05) is 60.7 Å². The monoisotopic (exact) mass is 357 g/mol. The van der Waals surface area contributed by atoms with Crippen LogP contribution in [-0.4, -0.2) is 28.9 Å². The molecular formula is C23H23N3O. The Labute approximate surface area is 159 Å². The lowest BCUT2D eigenvalue weighted by molar-refractivity contribution is -0.131. The summed E-state index contributed by atoms with van der Waals surface area (Å²) in [4.78, 5) is 19.2. The van der Waals surface area contributed by atoms with Gasteiger partial charge in [0.1, 0.15) is 0 Å². The van der Waals surface area contributed by atoms with Crippen molar-refractivity contribution in [2.75, 3.05) is 13.1 Å². The fourth-order valence-electron chi connectivity index (χ4n) is 3.60. The molecule has 1 aliphatic rings. The van der Waals surface area contributed by atoms with Gasteiger partial charge >= 0.3 is 0 Å². The molecule has 2 heterocycles. The van der Waals surface area contributed by atoms with Crippen molar-refractivity contribution in [2.24, 2.45) is 0 Å². The van der Waals surface area contributed by atoms with Crippen LogP contribution in [0.2, 0.25) is 0 Å². The second kappa shape index (κ2) is 8.14. The zero-order valence-corrected chi connectivity index (χ0v) is 15.2. The smallest absolute Gasteiger partial charge is 0.236 e. The van der Waals surface area contributed by atoms with Gasteiger partial charge in [-0.3, -0.25) is 15.1 Å². The highest BCUT2D eigenvalue weighted by Crippen LogP contribution is 2.21. The molecule has 0 spiro atoms. The molecule has 0 fully saturated rings. The van der Waals surface area contributed by atoms with E-state index in [2.05, 4.69) is 40.6 Å². The minimum Gasteiger partial charge on any atom is -0.337 e. The molecule has 136 valence electrons. The largest absolute Gasteiger partial charge is 0.337 e. The fourth-order valence-corrected chi connectivity index (χ4v) is 3.60. The number of rotatable bonds is 5. The first-order valence-corrected chi connectivity index (χ1v) is 9.35. The lowest BCUT2D eigenvalue weighted by Gasteiger charge is -2.29. The molecule has 4 nitrogen and oxygen atoms in total. The average molecular weight is 357 g/mol. The summed E-state index contributed by atoms with van der Waals surface area (Å²) in [6.45, 7) is 1.76. The predicted octanol–water partition coefficient (Wildman–Crippen LogP) is 3.35. The molecule has 0 radical (unpaired) electrons. The van der Waals surface area contributed by atoms with Crippen LogP contribution >= 0.6 is 0 Å². The van der Waals surface area contributed by atoms with E-state index in [4.69, 9.17) is 0 Å². The molecule has 4 heteroatoms. The molecule has 4 rings (SSSR count). The van der Waals surface area contributed by atoms with Crippen molar-refractivity contribution in [3.8, 4) is 0 Å². The van der Waals surface area contributed by atoms with Crippen LogP contribution in [0.25, 0.3) is 0 Å². The number of benzene rings is 2. The van der Waals surface area contributed by atoms with Crippen LogP contribution in [0.4, 0.5) is 0 Å². The van der Waals surface area contributed by atoms with Gasteiger partial charge in [-0.2, -0.15) is 0 Å². The van der Waals surface area contributed by atoms with Gasteiger partial charge in [-0.15, -0.1) is 0 Å². The molecule has 1 unspecified atom stereocenters. The highest BCUT2D eigenvalue weighted by atomic mass is 16.2. The van der Waals surface area contributed by atoms with Gasteiger partial charge in [0.15, 0.2) is 0 Å². The number of nitrogens with one attached hydrogen (secondary N) is 1. The van der Waals surface area contributed by atoms with Crippen molar-refractivity contribution in [3.05, 3.63) is 101 Å². The van der Waals surface area contributed by atoms with Crippen LogP contribution in [0.5, 0.6) is 0 Å². The van der Waals surface area contributed by atoms with Crippen molar-refractivity contribution in [3.63, 3.8) is 0 Å². The maximum Gasteiger partial charge on any atom is 0.236 e. The molecule has 0 bridgehead atoms.